The minimum Gasteiger partial charge on any atom is -0.495 e. The van der Waals surface area contributed by atoms with E-state index in [1.165, 1.54) is 12.0 Å². The van der Waals surface area contributed by atoms with E-state index in [-0.39, 0.29) is 17.7 Å². The highest BCUT2D eigenvalue weighted by Gasteiger charge is 2.39. The van der Waals surface area contributed by atoms with Gasteiger partial charge in [-0.1, -0.05) is 24.3 Å². The van der Waals surface area contributed by atoms with Crippen LogP contribution >= 0.6 is 11.8 Å². The van der Waals surface area contributed by atoms with Crippen LogP contribution in [0.25, 0.3) is 0 Å². The van der Waals surface area contributed by atoms with Crippen LogP contribution in [-0.4, -0.2) is 41.6 Å². The van der Waals surface area contributed by atoms with Gasteiger partial charge in [-0.05, 0) is 41.6 Å². The highest BCUT2D eigenvalue weighted by Crippen LogP contribution is 2.32. The van der Waals surface area contributed by atoms with Crippen LogP contribution in [0.2, 0.25) is 0 Å². The van der Waals surface area contributed by atoms with Crippen molar-refractivity contribution in [2.75, 3.05) is 19.5 Å². The number of hydrogen-bond donors (Lipinski definition) is 1. The summed E-state index contributed by atoms with van der Waals surface area (Å²) in [6, 6.07) is 13.8. The molecule has 1 heterocycles. The van der Waals surface area contributed by atoms with Crippen molar-refractivity contribution in [3.63, 3.8) is 0 Å². The fourth-order valence-corrected chi connectivity index (χ4v) is 3.53. The van der Waals surface area contributed by atoms with Gasteiger partial charge in [0.15, 0.2) is 5.37 Å². The molecular formula is C19H18N2O5S. The first-order valence-electron chi connectivity index (χ1n) is 8.12. The third-order valence-electron chi connectivity index (χ3n) is 4.04. The summed E-state index contributed by atoms with van der Waals surface area (Å²) in [5.41, 5.74) is 1.79. The molecule has 7 nitrogen and oxygen atoms in total. The van der Waals surface area contributed by atoms with Crippen LogP contribution in [0.3, 0.4) is 0 Å². The van der Waals surface area contributed by atoms with Gasteiger partial charge in [0.05, 0.1) is 32.0 Å². The van der Waals surface area contributed by atoms with Gasteiger partial charge in [0, 0.05) is 0 Å². The van der Waals surface area contributed by atoms with Crippen LogP contribution in [-0.2, 0) is 16.1 Å². The zero-order chi connectivity index (χ0) is 19.4. The average Bonchev–Trinajstić information content (AvgIpc) is 2.95. The number of anilines is 1. The Labute approximate surface area is 160 Å². The number of nitrogens with one attached hydrogen (secondary N) is 1. The molecule has 0 bridgehead atoms. The summed E-state index contributed by atoms with van der Waals surface area (Å²) in [7, 11) is 2.85. The quantitative estimate of drug-likeness (QED) is 0.764. The molecule has 0 aliphatic carbocycles. The van der Waals surface area contributed by atoms with Crippen molar-refractivity contribution in [3.05, 3.63) is 59.7 Å². The number of carbonyl (C=O) groups excluding carboxylic acids is 3. The van der Waals surface area contributed by atoms with Gasteiger partial charge in [-0.3, -0.25) is 14.5 Å². The number of ether oxygens (including phenoxy) is 2. The summed E-state index contributed by atoms with van der Waals surface area (Å²) >= 11 is 0.923. The Kier molecular flexibility index (Phi) is 5.66. The minimum atomic E-state index is -0.719. The van der Waals surface area contributed by atoms with Gasteiger partial charge >= 0.3 is 5.97 Å². The molecule has 0 radical (unpaired) electrons. The molecule has 1 aliphatic rings. The standard InChI is InChI=1S/C19H18N2O5S/c1-25-15-6-4-3-5-14(15)20-16-17(22)21(19(24)27-16)11-12-7-9-13(10-8-12)18(23)26-2/h3-10,16,20H,11H2,1-2H3/t16-/m1/s1. The summed E-state index contributed by atoms with van der Waals surface area (Å²) in [6.45, 7) is 0.135. The summed E-state index contributed by atoms with van der Waals surface area (Å²) in [5, 5.41) is 2.00. The third-order valence-corrected chi connectivity index (χ3v) is 5.02. The van der Waals surface area contributed by atoms with Gasteiger partial charge < -0.3 is 14.8 Å². The summed E-state index contributed by atoms with van der Waals surface area (Å²) in [5.74, 6) is -0.172. The van der Waals surface area contributed by atoms with Gasteiger partial charge in [0.1, 0.15) is 5.75 Å². The Morgan fingerprint density at radius 1 is 1.11 bits per heavy atom. The summed E-state index contributed by atoms with van der Waals surface area (Å²) in [4.78, 5) is 37.6. The van der Waals surface area contributed by atoms with E-state index in [2.05, 4.69) is 10.1 Å². The van der Waals surface area contributed by atoms with Crippen LogP contribution in [0.1, 0.15) is 15.9 Å². The van der Waals surface area contributed by atoms with Crippen LogP contribution in [0.15, 0.2) is 48.5 Å². The van der Waals surface area contributed by atoms with Crippen LogP contribution < -0.4 is 10.1 Å². The lowest BCUT2D eigenvalue weighted by atomic mass is 10.1. The molecule has 140 valence electrons. The molecule has 0 spiro atoms. The molecule has 2 aromatic rings. The van der Waals surface area contributed by atoms with Crippen molar-refractivity contribution in [1.29, 1.82) is 0 Å². The molecule has 8 heteroatoms. The van der Waals surface area contributed by atoms with E-state index in [0.29, 0.717) is 17.0 Å². The largest absolute Gasteiger partial charge is 0.495 e. The molecule has 0 unspecified atom stereocenters. The second-order valence-electron chi connectivity index (χ2n) is 5.72. The highest BCUT2D eigenvalue weighted by atomic mass is 32.2. The Hall–Kier alpha value is -3.00. The average molecular weight is 386 g/mol. The predicted molar refractivity (Wildman–Crippen MR) is 102 cm³/mol. The number of imide groups is 1. The maximum absolute atomic E-state index is 12.7. The van der Waals surface area contributed by atoms with Crippen molar-refractivity contribution < 1.29 is 23.9 Å². The molecule has 1 atom stereocenters. The molecule has 3 rings (SSSR count). The highest BCUT2D eigenvalue weighted by molar-refractivity contribution is 8.15. The van der Waals surface area contributed by atoms with Gasteiger partial charge in [-0.25, -0.2) is 4.79 Å². The maximum atomic E-state index is 12.7. The van der Waals surface area contributed by atoms with Gasteiger partial charge in [0.2, 0.25) is 0 Å². The first kappa shape index (κ1) is 18.8. The lowest BCUT2D eigenvalue weighted by molar-refractivity contribution is -0.126. The smallest absolute Gasteiger partial charge is 0.337 e. The number of esters is 1. The number of carbonyl (C=O) groups is 3. The number of benzene rings is 2. The summed E-state index contributed by atoms with van der Waals surface area (Å²) in [6.07, 6.45) is 0. The normalized spacial score (nSPS) is 16.4. The third kappa shape index (κ3) is 4.06. The number of methoxy groups -OCH3 is 2. The fraction of sp³-hybridized carbons (Fsp3) is 0.211. The number of thioether (sulfide) groups is 1. The fourth-order valence-electron chi connectivity index (χ4n) is 2.63. The zero-order valence-corrected chi connectivity index (χ0v) is 15.6. The summed E-state index contributed by atoms with van der Waals surface area (Å²) < 4.78 is 9.91. The van der Waals surface area contributed by atoms with E-state index >= 15 is 0 Å². The molecule has 0 aromatic heterocycles. The van der Waals surface area contributed by atoms with Gasteiger partial charge in [-0.2, -0.15) is 0 Å². The molecule has 1 aliphatic heterocycles. The molecule has 27 heavy (non-hydrogen) atoms. The Morgan fingerprint density at radius 3 is 2.48 bits per heavy atom. The van der Waals surface area contributed by atoms with E-state index in [1.54, 1.807) is 43.5 Å². The molecule has 1 N–H and O–H groups in total. The lowest BCUT2D eigenvalue weighted by Gasteiger charge is -2.16. The van der Waals surface area contributed by atoms with Crippen molar-refractivity contribution in [3.8, 4) is 5.75 Å². The molecular weight excluding hydrogens is 368 g/mol. The number of nitrogens with zero attached hydrogens (tertiary/aromatic N) is 1. The lowest BCUT2D eigenvalue weighted by Crippen LogP contribution is -2.34. The van der Waals surface area contributed by atoms with Crippen molar-refractivity contribution in [2.45, 2.75) is 11.9 Å². The second kappa shape index (κ2) is 8.13. The monoisotopic (exact) mass is 386 g/mol. The second-order valence-corrected chi connectivity index (χ2v) is 6.78. The number of amides is 2. The SMILES string of the molecule is COC(=O)c1ccc(CN2C(=O)S[C@@H](Nc3ccccc3OC)C2=O)cc1. The Balaban J connectivity index is 1.70. The first-order valence-corrected chi connectivity index (χ1v) is 9.00. The Morgan fingerprint density at radius 2 is 1.81 bits per heavy atom. The van der Waals surface area contributed by atoms with Crippen LogP contribution in [0.5, 0.6) is 5.75 Å². The molecule has 2 aromatic carbocycles. The van der Waals surface area contributed by atoms with E-state index < -0.39 is 11.3 Å². The van der Waals surface area contributed by atoms with E-state index in [4.69, 9.17) is 4.74 Å². The topological polar surface area (TPSA) is 84.9 Å². The molecule has 1 saturated heterocycles. The molecule has 0 saturated carbocycles. The zero-order valence-electron chi connectivity index (χ0n) is 14.8. The van der Waals surface area contributed by atoms with E-state index in [9.17, 15) is 14.4 Å². The van der Waals surface area contributed by atoms with E-state index in [0.717, 1.165) is 17.3 Å². The van der Waals surface area contributed by atoms with Crippen molar-refractivity contribution in [1.82, 2.24) is 4.90 Å². The van der Waals surface area contributed by atoms with Crippen LogP contribution in [0.4, 0.5) is 10.5 Å². The molecule has 2 amide bonds. The van der Waals surface area contributed by atoms with Gasteiger partial charge in [0.25, 0.3) is 11.1 Å². The first-order chi connectivity index (χ1) is 13.0. The number of para-hydroxylation sites is 2. The molecule has 1 fully saturated rings. The Bertz CT molecular complexity index is 869. The minimum absolute atomic E-state index is 0.135. The van der Waals surface area contributed by atoms with E-state index in [1.807, 2.05) is 12.1 Å². The number of hydrogen-bond acceptors (Lipinski definition) is 7. The van der Waals surface area contributed by atoms with Crippen molar-refractivity contribution in [2.24, 2.45) is 0 Å². The van der Waals surface area contributed by atoms with Gasteiger partial charge in [-0.15, -0.1) is 0 Å². The predicted octanol–water partition coefficient (Wildman–Crippen LogP) is 3.12. The maximum Gasteiger partial charge on any atom is 0.337 e. The number of rotatable bonds is 6. The van der Waals surface area contributed by atoms with Crippen LogP contribution in [0, 0.1) is 0 Å². The van der Waals surface area contributed by atoms with Crippen molar-refractivity contribution >= 4 is 34.6 Å².